The summed E-state index contributed by atoms with van der Waals surface area (Å²) >= 11 is 0. The second-order valence-electron chi connectivity index (χ2n) is 4.84. The van der Waals surface area contributed by atoms with E-state index in [1.54, 1.807) is 12.1 Å². The van der Waals surface area contributed by atoms with Gasteiger partial charge in [-0.05, 0) is 12.5 Å². The first-order valence-corrected chi connectivity index (χ1v) is 6.39. The van der Waals surface area contributed by atoms with Crippen LogP contribution in [0.2, 0.25) is 0 Å². The molecule has 0 saturated carbocycles. The van der Waals surface area contributed by atoms with Crippen LogP contribution in [0, 0.1) is 28.4 Å². The molecule has 0 unspecified atom stereocenters. The summed E-state index contributed by atoms with van der Waals surface area (Å²) in [6.07, 6.45) is 0. The summed E-state index contributed by atoms with van der Waals surface area (Å²) in [5.41, 5.74) is 8.19. The topological polar surface area (TPSA) is 131 Å². The first kappa shape index (κ1) is 13.6. The van der Waals surface area contributed by atoms with Crippen LogP contribution in [0.3, 0.4) is 0 Å². The van der Waals surface area contributed by atoms with Crippen molar-refractivity contribution in [1.82, 2.24) is 10.2 Å². The van der Waals surface area contributed by atoms with Gasteiger partial charge in [-0.15, -0.1) is 5.10 Å². The molecule has 0 aliphatic carbocycles. The van der Waals surface area contributed by atoms with Crippen molar-refractivity contribution in [2.45, 2.75) is 12.8 Å². The van der Waals surface area contributed by atoms with Crippen molar-refractivity contribution < 1.29 is 9.66 Å². The molecule has 3 rings (SSSR count). The standard InChI is InChI=1S/C14H11N5O3/c1-7-11-12(8-2-4-9(5-3-8)19(20)21)10(6-15)13(16)22-14(11)18-17-7/h2-5,12H,16H2,1H3,(H,17,18)/t12-/m0/s1. The van der Waals surface area contributed by atoms with Crippen LogP contribution in [0.25, 0.3) is 0 Å². The van der Waals surface area contributed by atoms with E-state index in [0.717, 1.165) is 5.69 Å². The Bertz CT molecular complexity index is 829. The Balaban J connectivity index is 2.16. The predicted octanol–water partition coefficient (Wildman–Crippen LogP) is 1.84. The quantitative estimate of drug-likeness (QED) is 0.642. The van der Waals surface area contributed by atoms with Gasteiger partial charge >= 0.3 is 0 Å². The van der Waals surface area contributed by atoms with Crippen LogP contribution in [0.5, 0.6) is 5.88 Å². The maximum absolute atomic E-state index is 10.8. The highest BCUT2D eigenvalue weighted by Gasteiger charge is 2.34. The number of H-pyrrole nitrogens is 1. The second-order valence-corrected chi connectivity index (χ2v) is 4.84. The van der Waals surface area contributed by atoms with E-state index in [1.807, 2.05) is 6.92 Å². The van der Waals surface area contributed by atoms with E-state index in [9.17, 15) is 15.4 Å². The first-order valence-electron chi connectivity index (χ1n) is 6.39. The van der Waals surface area contributed by atoms with E-state index in [0.29, 0.717) is 17.0 Å². The number of nitrogens with two attached hydrogens (primary N) is 1. The third-order valence-electron chi connectivity index (χ3n) is 3.57. The summed E-state index contributed by atoms with van der Waals surface area (Å²) in [6.45, 7) is 1.81. The molecule has 0 fully saturated rings. The predicted molar refractivity (Wildman–Crippen MR) is 75.7 cm³/mol. The van der Waals surface area contributed by atoms with Gasteiger partial charge in [0.2, 0.25) is 11.8 Å². The molecule has 3 N–H and O–H groups in total. The minimum atomic E-state index is -0.475. The number of ether oxygens (including phenoxy) is 1. The number of nitrogens with one attached hydrogen (secondary N) is 1. The molecule has 1 aliphatic heterocycles. The van der Waals surface area contributed by atoms with Crippen molar-refractivity contribution >= 4 is 5.69 Å². The number of rotatable bonds is 2. The number of aromatic amines is 1. The third-order valence-corrected chi connectivity index (χ3v) is 3.57. The Hall–Kier alpha value is -3.34. The summed E-state index contributed by atoms with van der Waals surface area (Å²) in [5.74, 6) is -0.157. The molecular weight excluding hydrogens is 286 g/mol. The van der Waals surface area contributed by atoms with Gasteiger partial charge in [-0.2, -0.15) is 5.26 Å². The molecule has 1 atom stereocenters. The second kappa shape index (κ2) is 4.89. The van der Waals surface area contributed by atoms with Crippen LogP contribution < -0.4 is 10.5 Å². The highest BCUT2D eigenvalue weighted by molar-refractivity contribution is 5.55. The molecule has 0 saturated heterocycles. The smallest absolute Gasteiger partial charge is 0.269 e. The van der Waals surface area contributed by atoms with E-state index in [-0.39, 0.29) is 17.1 Å². The number of hydrogen-bond acceptors (Lipinski definition) is 6. The van der Waals surface area contributed by atoms with Gasteiger partial charge in [-0.1, -0.05) is 12.1 Å². The lowest BCUT2D eigenvalue weighted by Gasteiger charge is -2.23. The van der Waals surface area contributed by atoms with E-state index in [1.165, 1.54) is 12.1 Å². The summed E-state index contributed by atoms with van der Waals surface area (Å²) < 4.78 is 5.35. The number of allylic oxidation sites excluding steroid dienone is 1. The molecule has 2 heterocycles. The van der Waals surface area contributed by atoms with Gasteiger partial charge in [-0.25, -0.2) is 0 Å². The molecule has 0 radical (unpaired) electrons. The van der Waals surface area contributed by atoms with Crippen LogP contribution in [0.1, 0.15) is 22.7 Å². The first-order chi connectivity index (χ1) is 10.5. The molecule has 110 valence electrons. The fourth-order valence-corrected chi connectivity index (χ4v) is 2.52. The van der Waals surface area contributed by atoms with Crippen LogP contribution in [0.4, 0.5) is 5.69 Å². The average molecular weight is 297 g/mol. The highest BCUT2D eigenvalue weighted by atomic mass is 16.6. The van der Waals surface area contributed by atoms with E-state index in [4.69, 9.17) is 10.5 Å². The van der Waals surface area contributed by atoms with E-state index < -0.39 is 10.8 Å². The lowest BCUT2D eigenvalue weighted by molar-refractivity contribution is -0.384. The molecule has 1 aromatic heterocycles. The Morgan fingerprint density at radius 2 is 2.14 bits per heavy atom. The lowest BCUT2D eigenvalue weighted by Crippen LogP contribution is -2.21. The molecule has 2 aromatic rings. The van der Waals surface area contributed by atoms with Crippen LogP contribution in [-0.2, 0) is 0 Å². The van der Waals surface area contributed by atoms with Crippen molar-refractivity contribution in [2.24, 2.45) is 5.73 Å². The normalized spacial score (nSPS) is 16.6. The Morgan fingerprint density at radius 3 is 2.73 bits per heavy atom. The number of hydrogen-bond donors (Lipinski definition) is 2. The minimum absolute atomic E-state index is 0.00940. The minimum Gasteiger partial charge on any atom is -0.420 e. The summed E-state index contributed by atoms with van der Waals surface area (Å²) in [7, 11) is 0. The van der Waals surface area contributed by atoms with Crippen molar-refractivity contribution in [3.63, 3.8) is 0 Å². The highest BCUT2D eigenvalue weighted by Crippen LogP contribution is 2.42. The van der Waals surface area contributed by atoms with Gasteiger partial charge in [0.25, 0.3) is 5.69 Å². The Labute approximate surface area is 125 Å². The number of fused-ring (bicyclic) bond motifs is 1. The van der Waals surface area contributed by atoms with Gasteiger partial charge in [-0.3, -0.25) is 15.2 Å². The van der Waals surface area contributed by atoms with Gasteiger partial charge in [0, 0.05) is 23.4 Å². The Morgan fingerprint density at radius 1 is 1.45 bits per heavy atom. The number of nitriles is 1. The number of benzene rings is 1. The fraction of sp³-hybridized carbons (Fsp3) is 0.143. The molecule has 0 spiro atoms. The summed E-state index contributed by atoms with van der Waals surface area (Å²) in [6, 6.07) is 8.05. The number of nitrogens with zero attached hydrogens (tertiary/aromatic N) is 3. The molecule has 1 aromatic carbocycles. The molecule has 8 heteroatoms. The van der Waals surface area contributed by atoms with Crippen molar-refractivity contribution in [2.75, 3.05) is 0 Å². The number of aromatic nitrogens is 2. The molecule has 0 bridgehead atoms. The van der Waals surface area contributed by atoms with Crippen molar-refractivity contribution in [3.05, 3.63) is 62.7 Å². The summed E-state index contributed by atoms with van der Waals surface area (Å²) in [5, 5.41) is 27.0. The van der Waals surface area contributed by atoms with E-state index >= 15 is 0 Å². The molecule has 1 aliphatic rings. The number of non-ortho nitro benzene ring substituents is 1. The fourth-order valence-electron chi connectivity index (χ4n) is 2.52. The molecule has 22 heavy (non-hydrogen) atoms. The van der Waals surface area contributed by atoms with E-state index in [2.05, 4.69) is 16.3 Å². The molecule has 0 amide bonds. The largest absolute Gasteiger partial charge is 0.420 e. The van der Waals surface area contributed by atoms with Gasteiger partial charge in [0.15, 0.2) is 0 Å². The monoisotopic (exact) mass is 297 g/mol. The Kier molecular flexibility index (Phi) is 3.03. The number of aryl methyl sites for hydroxylation is 1. The van der Waals surface area contributed by atoms with Crippen molar-refractivity contribution in [1.29, 1.82) is 5.26 Å². The third kappa shape index (κ3) is 1.96. The van der Waals surface area contributed by atoms with Gasteiger partial charge in [0.05, 0.1) is 10.8 Å². The zero-order valence-corrected chi connectivity index (χ0v) is 11.5. The van der Waals surface area contributed by atoms with Crippen LogP contribution in [0.15, 0.2) is 35.7 Å². The molecule has 8 nitrogen and oxygen atoms in total. The lowest BCUT2D eigenvalue weighted by atomic mass is 9.84. The number of nitro groups is 1. The maximum atomic E-state index is 10.8. The SMILES string of the molecule is Cc1[nH]nc2c1[C@@H](c1ccc([N+](=O)[O-])cc1)C(C#N)=C(N)O2. The number of nitro benzene ring substituents is 1. The van der Waals surface area contributed by atoms with Gasteiger partial charge in [0.1, 0.15) is 11.6 Å². The zero-order valence-electron chi connectivity index (χ0n) is 11.5. The van der Waals surface area contributed by atoms with Crippen LogP contribution >= 0.6 is 0 Å². The molecular formula is C14H11N5O3. The maximum Gasteiger partial charge on any atom is 0.269 e. The van der Waals surface area contributed by atoms with Crippen LogP contribution in [-0.4, -0.2) is 15.1 Å². The van der Waals surface area contributed by atoms with Crippen molar-refractivity contribution in [3.8, 4) is 11.9 Å². The zero-order chi connectivity index (χ0) is 15.9. The average Bonchev–Trinajstić information content (AvgIpc) is 2.87. The summed E-state index contributed by atoms with van der Waals surface area (Å²) in [4.78, 5) is 10.3. The van der Waals surface area contributed by atoms with Gasteiger partial charge < -0.3 is 10.5 Å².